The number of morpholine rings is 1. The fraction of sp³-hybridized carbons (Fsp3) is 0.417. The van der Waals surface area contributed by atoms with E-state index in [0.29, 0.717) is 46.3 Å². The smallest absolute Gasteiger partial charge is 0.256 e. The number of ether oxygens (including phenoxy) is 2. The number of aromatic amines is 1. The van der Waals surface area contributed by atoms with Crippen molar-refractivity contribution in [2.24, 2.45) is 0 Å². The number of nitrogens with zero attached hydrogens (tertiary/aromatic N) is 3. The van der Waals surface area contributed by atoms with E-state index in [1.165, 1.54) is 6.07 Å². The molecule has 34 heavy (non-hydrogen) atoms. The number of benzene rings is 1. The maximum absolute atomic E-state index is 13.7. The third-order valence-corrected chi connectivity index (χ3v) is 7.08. The summed E-state index contributed by atoms with van der Waals surface area (Å²) in [5, 5.41) is 1.49. The van der Waals surface area contributed by atoms with E-state index < -0.39 is 5.82 Å². The zero-order chi connectivity index (χ0) is 23.7. The number of hydrogen-bond donors (Lipinski definition) is 1. The molecule has 4 heterocycles. The highest BCUT2D eigenvalue weighted by Crippen LogP contribution is 2.28. The van der Waals surface area contributed by atoms with Gasteiger partial charge in [0.1, 0.15) is 23.3 Å². The van der Waals surface area contributed by atoms with Crippen LogP contribution in [0.3, 0.4) is 0 Å². The molecule has 2 aromatic heterocycles. The number of fused-ring (bicyclic) bond motifs is 1. The van der Waals surface area contributed by atoms with Gasteiger partial charge in [-0.25, -0.2) is 9.37 Å². The Kier molecular flexibility index (Phi) is 6.92. The molecule has 3 aromatic rings. The number of piperidine rings is 1. The van der Waals surface area contributed by atoms with Gasteiger partial charge in [-0.15, -0.1) is 0 Å². The van der Waals surface area contributed by atoms with E-state index in [2.05, 4.69) is 14.9 Å². The van der Waals surface area contributed by atoms with Crippen LogP contribution in [-0.2, 0) is 4.74 Å². The molecule has 1 N–H and O–H groups in total. The molecule has 1 atom stereocenters. The van der Waals surface area contributed by atoms with Gasteiger partial charge in [-0.2, -0.15) is 0 Å². The minimum Gasteiger partial charge on any atom is -0.490 e. The van der Waals surface area contributed by atoms with Crippen LogP contribution in [0.2, 0.25) is 10.0 Å². The van der Waals surface area contributed by atoms with Gasteiger partial charge >= 0.3 is 0 Å². The SMILES string of the molecule is O=C(c1c[nH]c2ncc(F)cc12)N1CCOC(CN2CCC(Oc3ccc(Cl)c(Cl)c3)CC2)C1. The second-order valence-corrected chi connectivity index (χ2v) is 9.50. The molecular weight excluding hydrogens is 482 g/mol. The fourth-order valence-electron chi connectivity index (χ4n) is 4.58. The summed E-state index contributed by atoms with van der Waals surface area (Å²) < 4.78 is 25.7. The van der Waals surface area contributed by atoms with E-state index >= 15 is 0 Å². The van der Waals surface area contributed by atoms with Crippen LogP contribution >= 0.6 is 23.2 Å². The van der Waals surface area contributed by atoms with Gasteiger partial charge in [0.15, 0.2) is 0 Å². The number of pyridine rings is 1. The first-order valence-corrected chi connectivity index (χ1v) is 12.1. The molecule has 1 unspecified atom stereocenters. The molecule has 0 bridgehead atoms. The van der Waals surface area contributed by atoms with Crippen LogP contribution in [0.4, 0.5) is 4.39 Å². The topological polar surface area (TPSA) is 70.7 Å². The standard InChI is InChI=1S/C24H25Cl2FN4O3/c25-21-2-1-17(10-22(21)26)34-16-3-5-30(6-4-16)13-18-14-31(7-8-33-18)24(32)20-12-29-23-19(20)9-15(27)11-28-23/h1-2,9-12,16,18H,3-8,13-14H2,(H,28,29). The quantitative estimate of drug-likeness (QED) is 0.555. The lowest BCUT2D eigenvalue weighted by molar-refractivity contribution is -0.0413. The van der Waals surface area contributed by atoms with Crippen LogP contribution in [-0.4, -0.2) is 77.2 Å². The van der Waals surface area contributed by atoms with E-state index in [9.17, 15) is 9.18 Å². The van der Waals surface area contributed by atoms with Crippen molar-refractivity contribution in [3.63, 3.8) is 0 Å². The van der Waals surface area contributed by atoms with Gasteiger partial charge in [-0.1, -0.05) is 23.2 Å². The lowest BCUT2D eigenvalue weighted by Gasteiger charge is -2.38. The maximum Gasteiger partial charge on any atom is 0.256 e. The number of halogens is 3. The van der Waals surface area contributed by atoms with Crippen molar-refractivity contribution >= 4 is 40.1 Å². The highest BCUT2D eigenvalue weighted by atomic mass is 35.5. The molecule has 180 valence electrons. The Morgan fingerprint density at radius 3 is 2.82 bits per heavy atom. The van der Waals surface area contributed by atoms with Crippen molar-refractivity contribution in [3.8, 4) is 5.75 Å². The third kappa shape index (κ3) is 5.15. The minimum absolute atomic E-state index is 0.0784. The molecule has 1 aromatic carbocycles. The van der Waals surface area contributed by atoms with Gasteiger partial charge in [0, 0.05) is 50.4 Å². The van der Waals surface area contributed by atoms with Crippen molar-refractivity contribution in [3.05, 3.63) is 58.1 Å². The Bertz CT molecular complexity index is 1180. The molecule has 2 fully saturated rings. The molecule has 0 aliphatic carbocycles. The average Bonchev–Trinajstić information content (AvgIpc) is 3.25. The van der Waals surface area contributed by atoms with Crippen LogP contribution in [0.5, 0.6) is 5.75 Å². The first-order valence-electron chi connectivity index (χ1n) is 11.3. The van der Waals surface area contributed by atoms with E-state index in [1.54, 1.807) is 23.2 Å². The Morgan fingerprint density at radius 2 is 2.03 bits per heavy atom. The highest BCUT2D eigenvalue weighted by molar-refractivity contribution is 6.42. The summed E-state index contributed by atoms with van der Waals surface area (Å²) >= 11 is 12.1. The second-order valence-electron chi connectivity index (χ2n) is 8.69. The second kappa shape index (κ2) is 10.1. The van der Waals surface area contributed by atoms with Gasteiger partial charge in [-0.3, -0.25) is 4.79 Å². The largest absolute Gasteiger partial charge is 0.490 e. The number of carbonyl (C=O) groups is 1. The van der Waals surface area contributed by atoms with E-state index in [4.69, 9.17) is 32.7 Å². The van der Waals surface area contributed by atoms with Crippen LogP contribution in [0.25, 0.3) is 11.0 Å². The van der Waals surface area contributed by atoms with Crippen LogP contribution in [0.15, 0.2) is 36.7 Å². The molecule has 0 saturated carbocycles. The predicted octanol–water partition coefficient (Wildman–Crippen LogP) is 4.39. The first kappa shape index (κ1) is 23.4. The van der Waals surface area contributed by atoms with E-state index in [1.807, 2.05) is 6.07 Å². The van der Waals surface area contributed by atoms with Crippen LogP contribution < -0.4 is 4.74 Å². The van der Waals surface area contributed by atoms with Crippen LogP contribution in [0, 0.1) is 5.82 Å². The number of nitrogens with one attached hydrogen (secondary N) is 1. The Hall–Kier alpha value is -2.39. The minimum atomic E-state index is -0.465. The highest BCUT2D eigenvalue weighted by Gasteiger charge is 2.29. The van der Waals surface area contributed by atoms with Gasteiger partial charge < -0.3 is 24.3 Å². The molecule has 2 aliphatic rings. The molecule has 2 saturated heterocycles. The molecule has 0 spiro atoms. The van der Waals surface area contributed by atoms with Gasteiger partial charge in [0.2, 0.25) is 0 Å². The van der Waals surface area contributed by atoms with E-state index in [-0.39, 0.29) is 18.1 Å². The Balaban J connectivity index is 1.14. The van der Waals surface area contributed by atoms with Crippen molar-refractivity contribution in [2.75, 3.05) is 39.3 Å². The third-order valence-electron chi connectivity index (χ3n) is 6.34. The van der Waals surface area contributed by atoms with Gasteiger partial charge in [0.25, 0.3) is 5.91 Å². The lowest BCUT2D eigenvalue weighted by atomic mass is 10.1. The predicted molar refractivity (Wildman–Crippen MR) is 128 cm³/mol. The fourth-order valence-corrected chi connectivity index (χ4v) is 4.87. The first-order chi connectivity index (χ1) is 16.5. The number of likely N-dealkylation sites (tertiary alicyclic amines) is 1. The summed E-state index contributed by atoms with van der Waals surface area (Å²) in [6.07, 6.45) is 4.56. The zero-order valence-electron chi connectivity index (χ0n) is 18.5. The summed E-state index contributed by atoms with van der Waals surface area (Å²) in [4.78, 5) is 24.2. The Morgan fingerprint density at radius 1 is 1.21 bits per heavy atom. The molecule has 0 radical (unpaired) electrons. The Labute approximate surface area is 206 Å². The summed E-state index contributed by atoms with van der Waals surface area (Å²) in [5.41, 5.74) is 0.934. The van der Waals surface area contributed by atoms with Crippen molar-refractivity contribution in [1.29, 1.82) is 0 Å². The number of hydrogen-bond acceptors (Lipinski definition) is 5. The van der Waals surface area contributed by atoms with Gasteiger partial charge in [0.05, 0.1) is 34.5 Å². The average molecular weight is 507 g/mol. The summed E-state index contributed by atoms with van der Waals surface area (Å²) in [6, 6.07) is 6.66. The molecule has 1 amide bonds. The molecule has 7 nitrogen and oxygen atoms in total. The number of aromatic nitrogens is 2. The maximum atomic E-state index is 13.7. The van der Waals surface area contributed by atoms with Gasteiger partial charge in [-0.05, 0) is 31.0 Å². The van der Waals surface area contributed by atoms with E-state index in [0.717, 1.165) is 44.4 Å². The summed E-state index contributed by atoms with van der Waals surface area (Å²) in [6.45, 7) is 3.98. The zero-order valence-corrected chi connectivity index (χ0v) is 20.0. The monoisotopic (exact) mass is 506 g/mol. The van der Waals surface area contributed by atoms with Crippen molar-refractivity contribution in [2.45, 2.75) is 25.0 Å². The molecular formula is C24H25Cl2FN4O3. The number of carbonyl (C=O) groups excluding carboxylic acids is 1. The van der Waals surface area contributed by atoms with Crippen LogP contribution in [0.1, 0.15) is 23.2 Å². The lowest BCUT2D eigenvalue weighted by Crippen LogP contribution is -2.51. The molecule has 10 heteroatoms. The van der Waals surface area contributed by atoms with Crippen molar-refractivity contribution < 1.29 is 18.7 Å². The van der Waals surface area contributed by atoms with Crippen molar-refractivity contribution in [1.82, 2.24) is 19.8 Å². The summed E-state index contributed by atoms with van der Waals surface area (Å²) in [7, 11) is 0. The molecule has 5 rings (SSSR count). The number of rotatable bonds is 5. The molecule has 2 aliphatic heterocycles. The number of H-pyrrole nitrogens is 1. The number of amides is 1. The summed E-state index contributed by atoms with van der Waals surface area (Å²) in [5.74, 6) is 0.123. The normalized spacial score (nSPS) is 20.1.